The molecule has 1 aliphatic heterocycles. The number of nitrogens with one attached hydrogen (secondary N) is 3. The third kappa shape index (κ3) is 3.76. The standard InChI is InChI=1S/C18H17N3OS/c1-12(22)19-15-9-7-14(8-10-15)17-11-16(20-18(23)21-17)13-5-3-2-4-6-13/h2-11,17H,1H3,(H,19,22)(H2,20,21,23)/t17-/m0/s1. The van der Waals surface area contributed by atoms with Crippen LogP contribution in [-0.4, -0.2) is 11.0 Å². The molecule has 1 atom stereocenters. The van der Waals surface area contributed by atoms with Gasteiger partial charge in [0.15, 0.2) is 5.11 Å². The maximum absolute atomic E-state index is 11.1. The zero-order valence-electron chi connectivity index (χ0n) is 12.7. The summed E-state index contributed by atoms with van der Waals surface area (Å²) >= 11 is 5.32. The molecule has 0 aromatic heterocycles. The molecule has 5 heteroatoms. The van der Waals surface area contributed by atoms with Crippen LogP contribution in [0, 0.1) is 0 Å². The van der Waals surface area contributed by atoms with Crippen LogP contribution in [0.25, 0.3) is 5.70 Å². The van der Waals surface area contributed by atoms with Crippen LogP contribution in [0.5, 0.6) is 0 Å². The molecule has 23 heavy (non-hydrogen) atoms. The van der Waals surface area contributed by atoms with E-state index in [2.05, 4.69) is 22.0 Å². The number of carbonyl (C=O) groups is 1. The van der Waals surface area contributed by atoms with Gasteiger partial charge in [-0.05, 0) is 41.6 Å². The van der Waals surface area contributed by atoms with Crippen molar-refractivity contribution in [2.45, 2.75) is 13.0 Å². The van der Waals surface area contributed by atoms with Gasteiger partial charge < -0.3 is 16.0 Å². The molecule has 0 saturated carbocycles. The van der Waals surface area contributed by atoms with E-state index in [4.69, 9.17) is 12.2 Å². The first-order chi connectivity index (χ1) is 11.1. The van der Waals surface area contributed by atoms with Crippen molar-refractivity contribution in [3.05, 3.63) is 71.8 Å². The molecule has 3 N–H and O–H groups in total. The Morgan fingerprint density at radius 3 is 2.43 bits per heavy atom. The Balaban J connectivity index is 1.86. The summed E-state index contributed by atoms with van der Waals surface area (Å²) in [6.45, 7) is 1.50. The fourth-order valence-electron chi connectivity index (χ4n) is 2.49. The van der Waals surface area contributed by atoms with Gasteiger partial charge in [0.1, 0.15) is 0 Å². The van der Waals surface area contributed by atoms with Crippen molar-refractivity contribution in [2.75, 3.05) is 5.32 Å². The lowest BCUT2D eigenvalue weighted by Crippen LogP contribution is -2.40. The Morgan fingerprint density at radius 1 is 1.09 bits per heavy atom. The lowest BCUT2D eigenvalue weighted by molar-refractivity contribution is -0.114. The Kier molecular flexibility index (Phi) is 4.39. The number of hydrogen-bond donors (Lipinski definition) is 3. The Labute approximate surface area is 140 Å². The van der Waals surface area contributed by atoms with Gasteiger partial charge in [0, 0.05) is 18.3 Å². The number of amides is 1. The van der Waals surface area contributed by atoms with Gasteiger partial charge in [-0.3, -0.25) is 4.79 Å². The molecule has 116 valence electrons. The first kappa shape index (κ1) is 15.2. The Hall–Kier alpha value is -2.66. The van der Waals surface area contributed by atoms with Gasteiger partial charge in [0.05, 0.1) is 6.04 Å². The quantitative estimate of drug-likeness (QED) is 0.759. The molecule has 2 aromatic carbocycles. The highest BCUT2D eigenvalue weighted by Gasteiger charge is 2.18. The highest BCUT2D eigenvalue weighted by Crippen LogP contribution is 2.24. The number of carbonyl (C=O) groups excluding carboxylic acids is 1. The summed E-state index contributed by atoms with van der Waals surface area (Å²) in [7, 11) is 0. The average Bonchev–Trinajstić information content (AvgIpc) is 2.55. The van der Waals surface area contributed by atoms with Crippen LogP contribution >= 0.6 is 12.2 Å². The predicted octanol–water partition coefficient (Wildman–Crippen LogP) is 3.20. The van der Waals surface area contributed by atoms with Crippen LogP contribution in [0.3, 0.4) is 0 Å². The van der Waals surface area contributed by atoms with E-state index < -0.39 is 0 Å². The van der Waals surface area contributed by atoms with Crippen molar-refractivity contribution in [2.24, 2.45) is 0 Å². The van der Waals surface area contributed by atoms with E-state index in [1.165, 1.54) is 6.92 Å². The number of benzene rings is 2. The normalized spacial score (nSPS) is 16.8. The SMILES string of the molecule is CC(=O)Nc1ccc([C@@H]2C=C(c3ccccc3)NC(=S)N2)cc1. The van der Waals surface area contributed by atoms with Gasteiger partial charge >= 0.3 is 0 Å². The fourth-order valence-corrected chi connectivity index (χ4v) is 2.73. The molecule has 0 aliphatic carbocycles. The second kappa shape index (κ2) is 6.62. The van der Waals surface area contributed by atoms with Gasteiger partial charge in [-0.1, -0.05) is 42.5 Å². The number of rotatable bonds is 3. The van der Waals surface area contributed by atoms with E-state index in [9.17, 15) is 4.79 Å². The van der Waals surface area contributed by atoms with Crippen molar-refractivity contribution in [1.29, 1.82) is 0 Å². The molecule has 0 radical (unpaired) electrons. The van der Waals surface area contributed by atoms with Crippen molar-refractivity contribution < 1.29 is 4.79 Å². The molecule has 1 aliphatic rings. The average molecular weight is 323 g/mol. The molecule has 0 unspecified atom stereocenters. The molecule has 1 heterocycles. The van der Waals surface area contributed by atoms with Crippen LogP contribution in [-0.2, 0) is 4.79 Å². The molecule has 4 nitrogen and oxygen atoms in total. The van der Waals surface area contributed by atoms with Crippen molar-refractivity contribution in [3.8, 4) is 0 Å². The summed E-state index contributed by atoms with van der Waals surface area (Å²) in [6.07, 6.45) is 2.11. The second-order valence-corrected chi connectivity index (χ2v) is 5.73. The zero-order valence-corrected chi connectivity index (χ0v) is 13.5. The van der Waals surface area contributed by atoms with Gasteiger partial charge in [-0.15, -0.1) is 0 Å². The molecular formula is C18H17N3OS. The highest BCUT2D eigenvalue weighted by molar-refractivity contribution is 7.80. The Morgan fingerprint density at radius 2 is 1.78 bits per heavy atom. The van der Waals surface area contributed by atoms with Crippen molar-refractivity contribution in [1.82, 2.24) is 10.6 Å². The lowest BCUT2D eigenvalue weighted by Gasteiger charge is -2.26. The minimum atomic E-state index is -0.0785. The molecule has 0 spiro atoms. The van der Waals surface area contributed by atoms with Gasteiger partial charge in [0.2, 0.25) is 5.91 Å². The molecule has 2 aromatic rings. The van der Waals surface area contributed by atoms with Crippen molar-refractivity contribution in [3.63, 3.8) is 0 Å². The first-order valence-corrected chi connectivity index (χ1v) is 7.75. The summed E-state index contributed by atoms with van der Waals surface area (Å²) in [5, 5.41) is 9.81. The molecule has 3 rings (SSSR count). The second-order valence-electron chi connectivity index (χ2n) is 5.33. The molecular weight excluding hydrogens is 306 g/mol. The summed E-state index contributed by atoms with van der Waals surface area (Å²) in [5.74, 6) is -0.0785. The van der Waals surface area contributed by atoms with E-state index in [-0.39, 0.29) is 11.9 Å². The van der Waals surface area contributed by atoms with Crippen molar-refractivity contribution >= 4 is 34.6 Å². The van der Waals surface area contributed by atoms with Crippen LogP contribution in [0.4, 0.5) is 5.69 Å². The molecule has 0 saturated heterocycles. The summed E-state index contributed by atoms with van der Waals surface area (Å²) in [6, 6.07) is 17.8. The Bertz CT molecular complexity index is 754. The van der Waals surface area contributed by atoms with E-state index in [0.29, 0.717) is 5.11 Å². The van der Waals surface area contributed by atoms with Crippen LogP contribution < -0.4 is 16.0 Å². The van der Waals surface area contributed by atoms with E-state index >= 15 is 0 Å². The molecule has 0 fully saturated rings. The number of anilines is 1. The minimum Gasteiger partial charge on any atom is -0.352 e. The highest BCUT2D eigenvalue weighted by atomic mass is 32.1. The smallest absolute Gasteiger partial charge is 0.221 e. The van der Waals surface area contributed by atoms with Gasteiger partial charge in [0.25, 0.3) is 0 Å². The van der Waals surface area contributed by atoms with Crippen LogP contribution in [0.1, 0.15) is 24.1 Å². The monoisotopic (exact) mass is 323 g/mol. The summed E-state index contributed by atoms with van der Waals surface area (Å²) in [4.78, 5) is 11.1. The minimum absolute atomic E-state index is 0.00895. The van der Waals surface area contributed by atoms with Crippen LogP contribution in [0.2, 0.25) is 0 Å². The zero-order chi connectivity index (χ0) is 16.2. The first-order valence-electron chi connectivity index (χ1n) is 7.34. The summed E-state index contributed by atoms with van der Waals surface area (Å²) in [5.41, 5.74) is 3.95. The molecule has 1 amide bonds. The maximum Gasteiger partial charge on any atom is 0.221 e. The van der Waals surface area contributed by atoms with Gasteiger partial charge in [-0.25, -0.2) is 0 Å². The van der Waals surface area contributed by atoms with Crippen LogP contribution in [0.15, 0.2) is 60.7 Å². The topological polar surface area (TPSA) is 53.2 Å². The predicted molar refractivity (Wildman–Crippen MR) is 96.8 cm³/mol. The van der Waals surface area contributed by atoms with E-state index in [1.54, 1.807) is 0 Å². The van der Waals surface area contributed by atoms with E-state index in [1.807, 2.05) is 54.6 Å². The van der Waals surface area contributed by atoms with E-state index in [0.717, 1.165) is 22.5 Å². The summed E-state index contributed by atoms with van der Waals surface area (Å²) < 4.78 is 0. The lowest BCUT2D eigenvalue weighted by atomic mass is 10.0. The number of thiocarbonyl (C=S) groups is 1. The third-order valence-electron chi connectivity index (χ3n) is 3.54. The molecule has 0 bridgehead atoms. The maximum atomic E-state index is 11.1. The van der Waals surface area contributed by atoms with Gasteiger partial charge in [-0.2, -0.15) is 0 Å². The largest absolute Gasteiger partial charge is 0.352 e. The fraction of sp³-hybridized carbons (Fsp3) is 0.111. The third-order valence-corrected chi connectivity index (χ3v) is 3.76. The number of hydrogen-bond acceptors (Lipinski definition) is 2.